The molecule has 1 aliphatic carbocycles. The van der Waals surface area contributed by atoms with E-state index in [0.29, 0.717) is 34.1 Å². The van der Waals surface area contributed by atoms with Crippen LogP contribution in [0.2, 0.25) is 0 Å². The molecule has 0 atom stereocenters. The fourth-order valence-corrected chi connectivity index (χ4v) is 4.69. The number of benzene rings is 2. The van der Waals surface area contributed by atoms with Gasteiger partial charge in [-0.2, -0.15) is 0 Å². The first-order chi connectivity index (χ1) is 16.0. The molecule has 0 spiro atoms. The number of nitrogens with one attached hydrogen (secondary N) is 2. The number of carbonyl (C=O) groups excluding carboxylic acids is 2. The summed E-state index contributed by atoms with van der Waals surface area (Å²) in [6.07, 6.45) is 4.05. The summed E-state index contributed by atoms with van der Waals surface area (Å²) in [6.45, 7) is 2.45. The number of fused-ring (bicyclic) bond motifs is 1. The first-order valence-electron chi connectivity index (χ1n) is 11.0. The van der Waals surface area contributed by atoms with Crippen LogP contribution in [0.4, 0.5) is 4.79 Å². The minimum Gasteiger partial charge on any atom is -0.494 e. The number of hydrogen-bond acceptors (Lipinski definition) is 6. The van der Waals surface area contributed by atoms with Gasteiger partial charge in [-0.3, -0.25) is 19.5 Å². The van der Waals surface area contributed by atoms with E-state index in [1.54, 1.807) is 42.5 Å². The Morgan fingerprint density at radius 2 is 1.85 bits per heavy atom. The van der Waals surface area contributed by atoms with E-state index in [4.69, 9.17) is 4.74 Å². The number of rotatable bonds is 7. The van der Waals surface area contributed by atoms with Crippen LogP contribution in [0.25, 0.3) is 16.6 Å². The molecular formula is C24H26N4O4S. The molecule has 1 fully saturated rings. The molecule has 8 nitrogen and oxygen atoms in total. The van der Waals surface area contributed by atoms with Crippen LogP contribution in [0.15, 0.2) is 58.5 Å². The van der Waals surface area contributed by atoms with Crippen molar-refractivity contribution in [2.75, 3.05) is 12.4 Å². The van der Waals surface area contributed by atoms with Gasteiger partial charge in [-0.15, -0.1) is 0 Å². The summed E-state index contributed by atoms with van der Waals surface area (Å²) in [5.74, 6) is 0.195. The Morgan fingerprint density at radius 3 is 2.58 bits per heavy atom. The van der Waals surface area contributed by atoms with Crippen LogP contribution in [-0.2, 0) is 4.79 Å². The first kappa shape index (κ1) is 22.8. The van der Waals surface area contributed by atoms with E-state index >= 15 is 0 Å². The molecule has 0 aliphatic heterocycles. The molecule has 33 heavy (non-hydrogen) atoms. The van der Waals surface area contributed by atoms with Gasteiger partial charge in [0.05, 0.1) is 29.0 Å². The zero-order valence-electron chi connectivity index (χ0n) is 18.4. The van der Waals surface area contributed by atoms with Gasteiger partial charge in [0.1, 0.15) is 5.75 Å². The van der Waals surface area contributed by atoms with E-state index < -0.39 is 11.9 Å². The highest BCUT2D eigenvalue weighted by molar-refractivity contribution is 7.99. The molecule has 1 saturated carbocycles. The summed E-state index contributed by atoms with van der Waals surface area (Å²) in [5, 5.41) is 6.05. The van der Waals surface area contributed by atoms with E-state index in [1.165, 1.54) is 4.57 Å². The highest BCUT2D eigenvalue weighted by Gasteiger charge is 2.19. The molecule has 1 heterocycles. The second-order valence-corrected chi connectivity index (χ2v) is 8.71. The summed E-state index contributed by atoms with van der Waals surface area (Å²) in [6, 6.07) is 13.9. The van der Waals surface area contributed by atoms with Crippen LogP contribution in [0.3, 0.4) is 0 Å². The smallest absolute Gasteiger partial charge is 0.321 e. The Hall–Kier alpha value is -3.33. The van der Waals surface area contributed by atoms with Crippen LogP contribution in [0.5, 0.6) is 5.75 Å². The number of aromatic nitrogens is 2. The molecule has 1 aromatic heterocycles. The molecule has 172 valence electrons. The van der Waals surface area contributed by atoms with Gasteiger partial charge in [-0.25, -0.2) is 9.78 Å². The summed E-state index contributed by atoms with van der Waals surface area (Å²) in [7, 11) is 0. The number of amides is 3. The van der Waals surface area contributed by atoms with Crippen molar-refractivity contribution in [3.8, 4) is 11.4 Å². The van der Waals surface area contributed by atoms with Gasteiger partial charge in [-0.05, 0) is 56.2 Å². The van der Waals surface area contributed by atoms with Crippen LogP contribution in [0.1, 0.15) is 32.6 Å². The number of imide groups is 1. The number of thioether (sulfide) groups is 1. The lowest BCUT2D eigenvalue weighted by atomic mass is 10.2. The number of ether oxygens (including phenoxy) is 1. The molecular weight excluding hydrogens is 440 g/mol. The topological polar surface area (TPSA) is 102 Å². The summed E-state index contributed by atoms with van der Waals surface area (Å²) in [4.78, 5) is 42.4. The maximum Gasteiger partial charge on any atom is 0.321 e. The van der Waals surface area contributed by atoms with Crippen molar-refractivity contribution in [3.63, 3.8) is 0 Å². The largest absolute Gasteiger partial charge is 0.494 e. The van der Waals surface area contributed by atoms with E-state index in [1.807, 2.05) is 13.0 Å². The van der Waals surface area contributed by atoms with E-state index in [0.717, 1.165) is 37.4 Å². The Morgan fingerprint density at radius 1 is 1.12 bits per heavy atom. The van der Waals surface area contributed by atoms with Gasteiger partial charge in [0.15, 0.2) is 5.16 Å². The van der Waals surface area contributed by atoms with Crippen molar-refractivity contribution in [2.45, 2.75) is 43.8 Å². The molecule has 3 aromatic rings. The molecule has 0 unspecified atom stereocenters. The number of para-hydroxylation sites is 1. The van der Waals surface area contributed by atoms with E-state index in [9.17, 15) is 14.4 Å². The Kier molecular flexibility index (Phi) is 7.29. The van der Waals surface area contributed by atoms with Crippen LogP contribution in [0, 0.1) is 0 Å². The van der Waals surface area contributed by atoms with Gasteiger partial charge in [0, 0.05) is 6.04 Å². The molecule has 2 aromatic carbocycles. The maximum atomic E-state index is 13.3. The molecule has 0 saturated heterocycles. The van der Waals surface area contributed by atoms with Gasteiger partial charge in [0.2, 0.25) is 5.91 Å². The monoisotopic (exact) mass is 466 g/mol. The van der Waals surface area contributed by atoms with Crippen molar-refractivity contribution in [1.29, 1.82) is 0 Å². The second-order valence-electron chi connectivity index (χ2n) is 7.77. The molecule has 0 bridgehead atoms. The van der Waals surface area contributed by atoms with Crippen LogP contribution >= 0.6 is 11.8 Å². The van der Waals surface area contributed by atoms with E-state index in [2.05, 4.69) is 15.6 Å². The second kappa shape index (κ2) is 10.5. The van der Waals surface area contributed by atoms with Gasteiger partial charge in [-0.1, -0.05) is 36.7 Å². The van der Waals surface area contributed by atoms with E-state index in [-0.39, 0.29) is 17.4 Å². The third kappa shape index (κ3) is 5.54. The number of hydrogen-bond donors (Lipinski definition) is 2. The summed E-state index contributed by atoms with van der Waals surface area (Å²) in [5.41, 5.74) is 0.932. The molecule has 3 amide bonds. The molecule has 0 radical (unpaired) electrons. The lowest BCUT2D eigenvalue weighted by Crippen LogP contribution is -2.44. The van der Waals surface area contributed by atoms with Gasteiger partial charge < -0.3 is 10.1 Å². The highest BCUT2D eigenvalue weighted by atomic mass is 32.2. The Balaban J connectivity index is 1.55. The molecule has 1 aliphatic rings. The lowest BCUT2D eigenvalue weighted by Gasteiger charge is -2.14. The predicted octanol–water partition coefficient (Wildman–Crippen LogP) is 3.64. The van der Waals surface area contributed by atoms with Crippen LogP contribution < -0.4 is 20.9 Å². The summed E-state index contributed by atoms with van der Waals surface area (Å²) < 4.78 is 6.97. The fourth-order valence-electron chi connectivity index (χ4n) is 3.88. The van der Waals surface area contributed by atoms with Crippen molar-refractivity contribution >= 4 is 34.6 Å². The molecule has 9 heteroatoms. The average molecular weight is 467 g/mol. The maximum absolute atomic E-state index is 13.3. The fraction of sp³-hybridized carbons (Fsp3) is 0.333. The van der Waals surface area contributed by atoms with Crippen molar-refractivity contribution in [1.82, 2.24) is 20.2 Å². The predicted molar refractivity (Wildman–Crippen MR) is 128 cm³/mol. The normalized spacial score (nSPS) is 13.7. The minimum atomic E-state index is -0.483. The molecule has 2 N–H and O–H groups in total. The molecule has 4 rings (SSSR count). The zero-order chi connectivity index (χ0) is 23.2. The standard InChI is InChI=1S/C24H26N4O4S/c1-2-32-18-13-11-17(12-14-18)28-22(30)19-9-5-6-10-20(19)26-24(28)33-15-21(29)27-23(31)25-16-7-3-4-8-16/h5-6,9-14,16H,2-4,7-8,15H2,1H3,(H2,25,27,29,31). The summed E-state index contributed by atoms with van der Waals surface area (Å²) >= 11 is 1.11. The van der Waals surface area contributed by atoms with Crippen LogP contribution in [-0.4, -0.2) is 39.9 Å². The Labute approximate surface area is 195 Å². The van der Waals surface area contributed by atoms with Gasteiger partial charge in [0.25, 0.3) is 5.56 Å². The van der Waals surface area contributed by atoms with Gasteiger partial charge >= 0.3 is 6.03 Å². The number of nitrogens with zero attached hydrogens (tertiary/aromatic N) is 2. The first-order valence-corrected chi connectivity index (χ1v) is 12.0. The van der Waals surface area contributed by atoms with Crippen molar-refractivity contribution in [2.24, 2.45) is 0 Å². The third-order valence-electron chi connectivity index (χ3n) is 5.43. The zero-order valence-corrected chi connectivity index (χ0v) is 19.2. The minimum absolute atomic E-state index is 0.0557. The lowest BCUT2D eigenvalue weighted by molar-refractivity contribution is -0.117. The highest BCUT2D eigenvalue weighted by Crippen LogP contribution is 2.23. The number of carbonyl (C=O) groups is 2. The quantitative estimate of drug-likeness (QED) is 0.407. The van der Waals surface area contributed by atoms with Crippen molar-refractivity contribution in [3.05, 3.63) is 58.9 Å². The number of urea groups is 1. The SMILES string of the molecule is CCOc1ccc(-n2c(SCC(=O)NC(=O)NC3CCCC3)nc3ccccc3c2=O)cc1. The van der Waals surface area contributed by atoms with Crippen molar-refractivity contribution < 1.29 is 14.3 Å². The third-order valence-corrected chi connectivity index (χ3v) is 6.37. The average Bonchev–Trinajstić information content (AvgIpc) is 3.31. The Bertz CT molecular complexity index is 1200.